The Hall–Kier alpha value is -2.70. The number of esters is 1. The Morgan fingerprint density at radius 3 is 1.59 bits per heavy atom. The highest BCUT2D eigenvalue weighted by Gasteiger charge is 2.23. The summed E-state index contributed by atoms with van der Waals surface area (Å²) < 4.78 is 5.80. The molecule has 0 fully saturated rings. The number of aliphatic hydroxyl groups excluding tert-OH is 2. The van der Waals surface area contributed by atoms with Gasteiger partial charge in [0.05, 0.1) is 25.2 Å². The summed E-state index contributed by atoms with van der Waals surface area (Å²) in [5, 5.41) is 23.6. The number of amides is 1. The fraction of sp³-hybridized carbons (Fsp3) is 0.731. The number of hydrogen-bond donors (Lipinski definition) is 3. The van der Waals surface area contributed by atoms with E-state index in [1.165, 1.54) is 103 Å². The van der Waals surface area contributed by atoms with Crippen LogP contribution in [0.2, 0.25) is 0 Å². The van der Waals surface area contributed by atoms with Gasteiger partial charge in [-0.15, -0.1) is 0 Å². The van der Waals surface area contributed by atoms with Crippen molar-refractivity contribution >= 4 is 11.9 Å². The highest BCUT2D eigenvalue weighted by Crippen LogP contribution is 2.15. The van der Waals surface area contributed by atoms with Crippen LogP contribution in [0.1, 0.15) is 220 Å². The number of allylic oxidation sites excluding steroid dienone is 11. The first-order valence-corrected chi connectivity index (χ1v) is 24.2. The molecule has 0 aromatic carbocycles. The van der Waals surface area contributed by atoms with Crippen LogP contribution in [0.4, 0.5) is 0 Å². The van der Waals surface area contributed by atoms with Gasteiger partial charge in [-0.3, -0.25) is 9.59 Å². The maximum absolute atomic E-state index is 13.1. The zero-order valence-electron chi connectivity index (χ0n) is 37.9. The zero-order chi connectivity index (χ0) is 42.4. The van der Waals surface area contributed by atoms with Crippen molar-refractivity contribution in [1.29, 1.82) is 0 Å². The predicted molar refractivity (Wildman–Crippen MR) is 250 cm³/mol. The van der Waals surface area contributed by atoms with Crippen molar-refractivity contribution in [2.45, 2.75) is 238 Å². The smallest absolute Gasteiger partial charge is 0.306 e. The molecule has 0 aromatic heterocycles. The van der Waals surface area contributed by atoms with Crippen LogP contribution in [0.5, 0.6) is 0 Å². The Morgan fingerprint density at radius 2 is 1.03 bits per heavy atom. The monoisotopic (exact) mass is 810 g/mol. The lowest BCUT2D eigenvalue weighted by Gasteiger charge is -2.23. The Balaban J connectivity index is 4.68. The van der Waals surface area contributed by atoms with Crippen LogP contribution in [-0.4, -0.2) is 46.9 Å². The van der Waals surface area contributed by atoms with Crippen molar-refractivity contribution in [2.75, 3.05) is 6.61 Å². The summed E-state index contributed by atoms with van der Waals surface area (Å²) in [4.78, 5) is 26.0. The average Bonchev–Trinajstić information content (AvgIpc) is 3.22. The van der Waals surface area contributed by atoms with Crippen molar-refractivity contribution in [2.24, 2.45) is 0 Å². The summed E-state index contributed by atoms with van der Waals surface area (Å²) in [6, 6.07) is -0.739. The van der Waals surface area contributed by atoms with Gasteiger partial charge in [-0.2, -0.15) is 0 Å². The molecule has 6 heteroatoms. The molecule has 0 heterocycles. The number of ether oxygens (including phenoxy) is 1. The molecule has 3 atom stereocenters. The van der Waals surface area contributed by atoms with Crippen LogP contribution in [0.25, 0.3) is 0 Å². The molecular weight excluding hydrogens is 719 g/mol. The third-order valence-corrected chi connectivity index (χ3v) is 10.6. The van der Waals surface area contributed by atoms with Crippen LogP contribution < -0.4 is 5.32 Å². The fourth-order valence-electron chi connectivity index (χ4n) is 6.93. The second-order valence-electron chi connectivity index (χ2n) is 16.2. The number of carbonyl (C=O) groups is 2. The second kappa shape index (κ2) is 45.4. The number of carbonyl (C=O) groups excluding carboxylic acids is 2. The minimum atomic E-state index is -0.816. The zero-order valence-corrected chi connectivity index (χ0v) is 37.9. The average molecular weight is 810 g/mol. The molecule has 0 saturated carbocycles. The minimum absolute atomic E-state index is 0.0411. The van der Waals surface area contributed by atoms with Crippen LogP contribution in [-0.2, 0) is 14.3 Å². The molecule has 6 nitrogen and oxygen atoms in total. The van der Waals surface area contributed by atoms with Gasteiger partial charge >= 0.3 is 5.97 Å². The molecular formula is C52H91NO5. The molecule has 334 valence electrons. The Labute approximate surface area is 358 Å². The van der Waals surface area contributed by atoms with E-state index < -0.39 is 18.2 Å². The molecule has 3 unspecified atom stereocenters. The standard InChI is InChI=1S/C52H91NO5/c1-4-7-10-13-16-19-22-24-25-27-30-33-36-39-42-45-52(57)58-48(43-40-37-34-31-28-21-18-15-12-9-6-3)46-51(56)53-49(47-54)50(55)44-41-38-35-32-29-26-23-20-17-14-11-8-5-2/h7,10,13,16,19,22,24-25,31,34,40,43,48-50,54-55H,4-6,8-9,11-12,14-15,17-18,20-21,23,26-30,32-33,35-39,41-42,44-47H2,1-3H3,(H,53,56)/b10-7+,16-13+,22-19+,25-24-,34-31-,43-40+. The van der Waals surface area contributed by atoms with Gasteiger partial charge in [0.15, 0.2) is 0 Å². The molecule has 0 aromatic rings. The first kappa shape index (κ1) is 55.3. The van der Waals surface area contributed by atoms with E-state index in [0.717, 1.165) is 70.6 Å². The maximum Gasteiger partial charge on any atom is 0.306 e. The number of rotatable bonds is 42. The number of aliphatic hydroxyl groups is 2. The van der Waals surface area contributed by atoms with E-state index >= 15 is 0 Å². The largest absolute Gasteiger partial charge is 0.458 e. The van der Waals surface area contributed by atoms with Crippen molar-refractivity contribution in [1.82, 2.24) is 5.32 Å². The van der Waals surface area contributed by atoms with E-state index in [9.17, 15) is 19.8 Å². The number of hydrogen-bond acceptors (Lipinski definition) is 5. The van der Waals surface area contributed by atoms with Crippen LogP contribution in [0, 0.1) is 0 Å². The molecule has 0 aliphatic carbocycles. The van der Waals surface area contributed by atoms with E-state index in [1.807, 2.05) is 30.4 Å². The Morgan fingerprint density at radius 1 is 0.552 bits per heavy atom. The SMILES string of the molecule is CC/C=C/C=C/C=C/C=C\CCCCCCCC(=O)OC(/C=C/C/C=C\CCCCCCCC)CC(=O)NC(CO)C(O)CCCCCCCCCCCCCCC. The van der Waals surface area contributed by atoms with Gasteiger partial charge in [-0.1, -0.05) is 222 Å². The van der Waals surface area contributed by atoms with Crippen molar-refractivity contribution in [3.05, 3.63) is 72.9 Å². The van der Waals surface area contributed by atoms with Gasteiger partial charge in [-0.25, -0.2) is 0 Å². The predicted octanol–water partition coefficient (Wildman–Crippen LogP) is 14.2. The lowest BCUT2D eigenvalue weighted by Crippen LogP contribution is -2.46. The molecule has 0 bridgehead atoms. The molecule has 0 saturated heterocycles. The van der Waals surface area contributed by atoms with E-state index in [2.05, 4.69) is 68.6 Å². The summed E-state index contributed by atoms with van der Waals surface area (Å²) in [6.07, 6.45) is 57.0. The van der Waals surface area contributed by atoms with E-state index in [0.29, 0.717) is 19.3 Å². The minimum Gasteiger partial charge on any atom is -0.458 e. The summed E-state index contributed by atoms with van der Waals surface area (Å²) >= 11 is 0. The van der Waals surface area contributed by atoms with Gasteiger partial charge in [0.2, 0.25) is 5.91 Å². The van der Waals surface area contributed by atoms with Crippen LogP contribution in [0.15, 0.2) is 72.9 Å². The lowest BCUT2D eigenvalue weighted by atomic mass is 10.0. The summed E-state index contributed by atoms with van der Waals surface area (Å²) in [6.45, 7) is 6.29. The number of nitrogens with one attached hydrogen (secondary N) is 1. The van der Waals surface area contributed by atoms with Crippen molar-refractivity contribution in [3.63, 3.8) is 0 Å². The normalized spacial score (nSPS) is 13.9. The van der Waals surface area contributed by atoms with Gasteiger partial charge < -0.3 is 20.3 Å². The summed E-state index contributed by atoms with van der Waals surface area (Å²) in [5.74, 6) is -0.633. The van der Waals surface area contributed by atoms with E-state index in [1.54, 1.807) is 0 Å². The third-order valence-electron chi connectivity index (χ3n) is 10.6. The first-order chi connectivity index (χ1) is 28.5. The van der Waals surface area contributed by atoms with Crippen LogP contribution in [0.3, 0.4) is 0 Å². The molecule has 58 heavy (non-hydrogen) atoms. The molecule has 0 spiro atoms. The molecule has 1 amide bonds. The van der Waals surface area contributed by atoms with Gasteiger partial charge in [0, 0.05) is 6.42 Å². The quantitative estimate of drug-likeness (QED) is 0.0247. The second-order valence-corrected chi connectivity index (χ2v) is 16.2. The summed E-state index contributed by atoms with van der Waals surface area (Å²) in [7, 11) is 0. The van der Waals surface area contributed by atoms with E-state index in [-0.39, 0.29) is 24.9 Å². The molecule has 3 N–H and O–H groups in total. The van der Waals surface area contributed by atoms with Crippen LogP contribution >= 0.6 is 0 Å². The molecule has 0 aliphatic heterocycles. The highest BCUT2D eigenvalue weighted by molar-refractivity contribution is 5.78. The topological polar surface area (TPSA) is 95.9 Å². The third kappa shape index (κ3) is 40.1. The Bertz CT molecular complexity index is 1090. The lowest BCUT2D eigenvalue weighted by molar-refractivity contribution is -0.148. The number of unbranched alkanes of at least 4 members (excludes halogenated alkanes) is 23. The molecule has 0 aliphatic rings. The van der Waals surface area contributed by atoms with Crippen molar-refractivity contribution < 1.29 is 24.5 Å². The first-order valence-electron chi connectivity index (χ1n) is 24.2. The van der Waals surface area contributed by atoms with Crippen molar-refractivity contribution in [3.8, 4) is 0 Å². The van der Waals surface area contributed by atoms with Gasteiger partial charge in [-0.05, 0) is 57.4 Å². The fourth-order valence-corrected chi connectivity index (χ4v) is 6.93. The summed E-state index contributed by atoms with van der Waals surface area (Å²) in [5.41, 5.74) is 0. The molecule has 0 rings (SSSR count). The van der Waals surface area contributed by atoms with Gasteiger partial charge in [0.25, 0.3) is 0 Å². The highest BCUT2D eigenvalue weighted by atomic mass is 16.5. The Kier molecular flexibility index (Phi) is 43.3. The van der Waals surface area contributed by atoms with E-state index in [4.69, 9.17) is 4.74 Å². The van der Waals surface area contributed by atoms with Gasteiger partial charge in [0.1, 0.15) is 6.10 Å². The molecule has 0 radical (unpaired) electrons. The maximum atomic E-state index is 13.1.